The van der Waals surface area contributed by atoms with Crippen LogP contribution in [0.3, 0.4) is 0 Å². The summed E-state index contributed by atoms with van der Waals surface area (Å²) >= 11 is 0. The first-order chi connectivity index (χ1) is 16.5. The van der Waals surface area contributed by atoms with E-state index in [1.165, 1.54) is 35.1 Å². The first-order valence-electron chi connectivity index (χ1n) is 12.7. The van der Waals surface area contributed by atoms with Gasteiger partial charge in [0.1, 0.15) is 17.2 Å². The van der Waals surface area contributed by atoms with Crippen LogP contribution in [0.4, 0.5) is 16.4 Å². The Morgan fingerprint density at radius 3 is 1.73 bits per heavy atom. The van der Waals surface area contributed by atoms with E-state index in [0.717, 1.165) is 39.0 Å². The summed E-state index contributed by atoms with van der Waals surface area (Å²) in [6.45, 7) is 13.5. The Balaban J connectivity index is 0.000000375. The van der Waals surface area contributed by atoms with E-state index < -0.39 is 5.60 Å². The number of hydrogen-bond donors (Lipinski definition) is 3. The molecule has 2 fully saturated rings. The van der Waals surface area contributed by atoms with Crippen molar-refractivity contribution < 1.29 is 9.53 Å². The Morgan fingerprint density at radius 2 is 1.32 bits per heavy atom. The molecule has 2 aromatic heterocycles. The highest BCUT2D eigenvalue weighted by atomic mass is 35.5. The van der Waals surface area contributed by atoms with Crippen molar-refractivity contribution >= 4 is 42.5 Å². The van der Waals surface area contributed by atoms with Crippen molar-refractivity contribution in [2.24, 2.45) is 0 Å². The number of nitrogens with two attached hydrogens (primary N) is 2. The minimum absolute atomic E-state index is 0. The van der Waals surface area contributed by atoms with Gasteiger partial charge < -0.3 is 26.4 Å². The second-order valence-corrected chi connectivity index (χ2v) is 10.7. The average Bonchev–Trinajstić information content (AvgIpc) is 2.79. The molecule has 2 aliphatic heterocycles. The quantitative estimate of drug-likeness (QED) is 0.456. The number of likely N-dealkylation sites (tertiary alicyclic amines) is 1. The van der Waals surface area contributed by atoms with E-state index >= 15 is 0 Å². The molecule has 4 rings (SSSR count). The summed E-state index contributed by atoms with van der Waals surface area (Å²) in [6, 6.07) is 3.88. The molecule has 0 aromatic carbocycles. The molecule has 5 N–H and O–H groups in total. The predicted octanol–water partition coefficient (Wildman–Crippen LogP) is 5.37. The molecular weight excluding hydrogens is 511 g/mol. The maximum atomic E-state index is 12.0. The normalized spacial score (nSPS) is 16.5. The molecule has 2 saturated heterocycles. The lowest BCUT2D eigenvalue weighted by atomic mass is 9.88. The molecule has 10 heteroatoms. The van der Waals surface area contributed by atoms with Crippen LogP contribution < -0.4 is 16.8 Å². The van der Waals surface area contributed by atoms with Gasteiger partial charge in [-0.3, -0.25) is 0 Å². The van der Waals surface area contributed by atoms with Gasteiger partial charge in [-0.25, -0.2) is 14.8 Å². The molecule has 0 aliphatic carbocycles. The Labute approximate surface area is 234 Å². The SMILES string of the molecule is Cc1cc(N)ncc1C1CCN(C(=O)OC(C)(C)C)CC1.Cc1cc(N)ncc1C1CCNCC1.Cl.Cl. The number of aromatic nitrogens is 2. The average molecular weight is 556 g/mol. The molecule has 37 heavy (non-hydrogen) atoms. The summed E-state index contributed by atoms with van der Waals surface area (Å²) in [5.74, 6) is 2.30. The minimum atomic E-state index is -0.439. The van der Waals surface area contributed by atoms with Crippen molar-refractivity contribution in [3.05, 3.63) is 46.8 Å². The minimum Gasteiger partial charge on any atom is -0.444 e. The van der Waals surface area contributed by atoms with Gasteiger partial charge in [0.25, 0.3) is 0 Å². The van der Waals surface area contributed by atoms with E-state index in [0.29, 0.717) is 23.5 Å². The van der Waals surface area contributed by atoms with Crippen LogP contribution in [0.5, 0.6) is 0 Å². The van der Waals surface area contributed by atoms with Crippen molar-refractivity contribution in [1.82, 2.24) is 20.2 Å². The van der Waals surface area contributed by atoms with E-state index in [-0.39, 0.29) is 30.9 Å². The first kappa shape index (κ1) is 32.7. The number of carbonyl (C=O) groups excluding carboxylic acids is 1. The molecular formula is C27H44Cl2N6O2. The number of amides is 1. The summed E-state index contributed by atoms with van der Waals surface area (Å²) in [7, 11) is 0. The molecule has 0 radical (unpaired) electrons. The summed E-state index contributed by atoms with van der Waals surface area (Å²) in [5.41, 5.74) is 16.0. The monoisotopic (exact) mass is 554 g/mol. The van der Waals surface area contributed by atoms with Crippen molar-refractivity contribution in [2.75, 3.05) is 37.6 Å². The van der Waals surface area contributed by atoms with Gasteiger partial charge in [-0.1, -0.05) is 0 Å². The van der Waals surface area contributed by atoms with Crippen LogP contribution in [-0.4, -0.2) is 52.7 Å². The molecule has 8 nitrogen and oxygen atoms in total. The van der Waals surface area contributed by atoms with Crippen molar-refractivity contribution in [1.29, 1.82) is 0 Å². The highest BCUT2D eigenvalue weighted by Gasteiger charge is 2.28. The molecule has 0 unspecified atom stereocenters. The predicted molar refractivity (Wildman–Crippen MR) is 156 cm³/mol. The van der Waals surface area contributed by atoms with E-state index in [4.69, 9.17) is 16.2 Å². The number of nitrogens with one attached hydrogen (secondary N) is 1. The smallest absolute Gasteiger partial charge is 0.410 e. The molecule has 0 saturated carbocycles. The zero-order valence-electron chi connectivity index (χ0n) is 22.8. The number of rotatable bonds is 2. The number of carbonyl (C=O) groups is 1. The fourth-order valence-corrected chi connectivity index (χ4v) is 4.86. The van der Waals surface area contributed by atoms with Gasteiger partial charge in [0, 0.05) is 25.5 Å². The van der Waals surface area contributed by atoms with Gasteiger partial charge in [-0.15, -0.1) is 24.8 Å². The fraction of sp³-hybridized carbons (Fsp3) is 0.593. The van der Waals surface area contributed by atoms with Gasteiger partial charge in [-0.2, -0.15) is 0 Å². The van der Waals surface area contributed by atoms with Gasteiger partial charge >= 0.3 is 6.09 Å². The number of nitrogens with zero attached hydrogens (tertiary/aromatic N) is 3. The Morgan fingerprint density at radius 1 is 0.892 bits per heavy atom. The number of pyridine rings is 2. The maximum Gasteiger partial charge on any atom is 0.410 e. The summed E-state index contributed by atoms with van der Waals surface area (Å²) in [6.07, 6.45) is 7.91. The lowest BCUT2D eigenvalue weighted by Crippen LogP contribution is -2.41. The van der Waals surface area contributed by atoms with Gasteiger partial charge in [0.05, 0.1) is 0 Å². The third-order valence-electron chi connectivity index (χ3n) is 6.71. The Bertz CT molecular complexity index is 1000. The summed E-state index contributed by atoms with van der Waals surface area (Å²) in [4.78, 5) is 22.2. The highest BCUT2D eigenvalue weighted by molar-refractivity contribution is 5.85. The topological polar surface area (TPSA) is 119 Å². The van der Waals surface area contributed by atoms with Crippen LogP contribution in [0.25, 0.3) is 0 Å². The standard InChI is InChI=1S/C16H25N3O2.C11H17N3.2ClH/c1-11-9-14(17)18-10-13(11)12-5-7-19(8-6-12)15(20)21-16(2,3)4;1-8-6-11(12)14-7-10(8)9-2-4-13-5-3-9;;/h9-10,12H,5-8H2,1-4H3,(H2,17,18);6-7,9,13H,2-5H2,1H3,(H2,12,14);2*1H. The van der Waals surface area contributed by atoms with E-state index in [2.05, 4.69) is 29.1 Å². The summed E-state index contributed by atoms with van der Waals surface area (Å²) in [5, 5.41) is 3.37. The van der Waals surface area contributed by atoms with Crippen LogP contribution in [0.1, 0.15) is 80.5 Å². The van der Waals surface area contributed by atoms with E-state index in [9.17, 15) is 4.79 Å². The molecule has 1 amide bonds. The Hall–Kier alpha value is -2.29. The molecule has 208 valence electrons. The second kappa shape index (κ2) is 14.6. The number of hydrogen-bond acceptors (Lipinski definition) is 7. The van der Waals surface area contributed by atoms with E-state index in [1.54, 1.807) is 4.90 Å². The number of nitrogen functional groups attached to an aromatic ring is 2. The molecule has 0 atom stereocenters. The molecule has 2 aromatic rings. The number of piperidine rings is 2. The van der Waals surface area contributed by atoms with Crippen molar-refractivity contribution in [2.45, 2.75) is 77.7 Å². The van der Waals surface area contributed by atoms with Crippen molar-refractivity contribution in [3.63, 3.8) is 0 Å². The number of ether oxygens (including phenoxy) is 1. The maximum absolute atomic E-state index is 12.0. The lowest BCUT2D eigenvalue weighted by molar-refractivity contribution is 0.0204. The van der Waals surface area contributed by atoms with Gasteiger partial charge in [0.2, 0.25) is 0 Å². The molecule has 0 spiro atoms. The van der Waals surface area contributed by atoms with Crippen LogP contribution >= 0.6 is 24.8 Å². The van der Waals surface area contributed by atoms with Crippen LogP contribution in [-0.2, 0) is 4.74 Å². The van der Waals surface area contributed by atoms with Crippen LogP contribution in [0.15, 0.2) is 24.5 Å². The number of aryl methyl sites for hydroxylation is 2. The molecule has 4 heterocycles. The molecule has 2 aliphatic rings. The lowest BCUT2D eigenvalue weighted by Gasteiger charge is -2.34. The van der Waals surface area contributed by atoms with Crippen LogP contribution in [0.2, 0.25) is 0 Å². The third-order valence-corrected chi connectivity index (χ3v) is 6.71. The number of halogens is 2. The Kier molecular flexibility index (Phi) is 12.9. The zero-order valence-corrected chi connectivity index (χ0v) is 24.4. The fourth-order valence-electron chi connectivity index (χ4n) is 4.86. The van der Waals surface area contributed by atoms with E-state index in [1.807, 2.05) is 45.3 Å². The van der Waals surface area contributed by atoms with Crippen LogP contribution in [0, 0.1) is 13.8 Å². The van der Waals surface area contributed by atoms with Crippen molar-refractivity contribution in [3.8, 4) is 0 Å². The highest BCUT2D eigenvalue weighted by Crippen LogP contribution is 2.31. The largest absolute Gasteiger partial charge is 0.444 e. The zero-order chi connectivity index (χ0) is 25.6. The van der Waals surface area contributed by atoms with Gasteiger partial charge in [0.15, 0.2) is 0 Å². The summed E-state index contributed by atoms with van der Waals surface area (Å²) < 4.78 is 5.42. The number of anilines is 2. The molecule has 0 bridgehead atoms. The third kappa shape index (κ3) is 9.83. The second-order valence-electron chi connectivity index (χ2n) is 10.7. The van der Waals surface area contributed by atoms with Gasteiger partial charge in [-0.05, 0) is 120 Å². The first-order valence-corrected chi connectivity index (χ1v) is 12.7.